The number of amides is 1. The number of phenolic OH excluding ortho intramolecular Hbond substituents is 1. The Bertz CT molecular complexity index is 533. The lowest BCUT2D eigenvalue weighted by Crippen LogP contribution is -2.46. The van der Waals surface area contributed by atoms with Gasteiger partial charge in [0.05, 0.1) is 29.7 Å². The van der Waals surface area contributed by atoms with E-state index in [0.717, 1.165) is 0 Å². The van der Waals surface area contributed by atoms with Crippen LogP contribution in [0.4, 0.5) is 0 Å². The molecule has 0 spiro atoms. The van der Waals surface area contributed by atoms with Crippen LogP contribution in [0.2, 0.25) is 5.02 Å². The van der Waals surface area contributed by atoms with E-state index in [2.05, 4.69) is 0 Å². The molecule has 1 aliphatic heterocycles. The van der Waals surface area contributed by atoms with Gasteiger partial charge in [0.2, 0.25) is 0 Å². The molecule has 6 nitrogen and oxygen atoms in total. The van der Waals surface area contributed by atoms with Crippen molar-refractivity contribution < 1.29 is 24.5 Å². The van der Waals surface area contributed by atoms with E-state index in [1.54, 1.807) is 0 Å². The Balaban J connectivity index is 2.12. The number of carboxylic acids is 1. The molecule has 0 bridgehead atoms. The molecule has 0 saturated carbocycles. The van der Waals surface area contributed by atoms with Gasteiger partial charge in [-0.05, 0) is 18.2 Å². The number of ether oxygens (including phenoxy) is 1. The number of carbonyl (C=O) groups excluding carboxylic acids is 1. The molecule has 20 heavy (non-hydrogen) atoms. The maximum atomic E-state index is 12.3. The lowest BCUT2D eigenvalue weighted by molar-refractivity contribution is -0.141. The molecule has 1 unspecified atom stereocenters. The van der Waals surface area contributed by atoms with Crippen LogP contribution in [-0.4, -0.2) is 52.8 Å². The number of rotatable bonds is 3. The van der Waals surface area contributed by atoms with Crippen LogP contribution in [-0.2, 0) is 9.53 Å². The van der Waals surface area contributed by atoms with Gasteiger partial charge >= 0.3 is 5.97 Å². The molecule has 1 aromatic rings. The Morgan fingerprint density at radius 1 is 1.45 bits per heavy atom. The molecular weight excluding hydrogens is 286 g/mol. The Kier molecular flexibility index (Phi) is 4.46. The molecule has 0 aliphatic carbocycles. The molecule has 0 radical (unpaired) electrons. The second-order valence-electron chi connectivity index (χ2n) is 4.51. The normalized spacial score (nSPS) is 18.9. The zero-order chi connectivity index (χ0) is 14.7. The van der Waals surface area contributed by atoms with Crippen LogP contribution in [0.25, 0.3) is 0 Å². The first kappa shape index (κ1) is 14.6. The van der Waals surface area contributed by atoms with E-state index in [1.165, 1.54) is 23.1 Å². The molecule has 1 aromatic carbocycles. The summed E-state index contributed by atoms with van der Waals surface area (Å²) in [5.41, 5.74) is 0.197. The molecule has 1 amide bonds. The van der Waals surface area contributed by atoms with Crippen LogP contribution in [0.5, 0.6) is 5.75 Å². The molecule has 1 aliphatic rings. The summed E-state index contributed by atoms with van der Waals surface area (Å²) in [7, 11) is 0. The third kappa shape index (κ3) is 3.40. The van der Waals surface area contributed by atoms with Crippen molar-refractivity contribution in [3.8, 4) is 5.75 Å². The Morgan fingerprint density at radius 3 is 2.90 bits per heavy atom. The number of hydrogen-bond acceptors (Lipinski definition) is 4. The summed E-state index contributed by atoms with van der Waals surface area (Å²) in [6.45, 7) is 0.832. The van der Waals surface area contributed by atoms with E-state index in [4.69, 9.17) is 21.4 Å². The summed E-state index contributed by atoms with van der Waals surface area (Å²) >= 11 is 5.95. The number of aliphatic carboxylic acids is 1. The first-order chi connectivity index (χ1) is 9.47. The summed E-state index contributed by atoms with van der Waals surface area (Å²) in [6, 6.07) is 4.14. The minimum absolute atomic E-state index is 0.0481. The van der Waals surface area contributed by atoms with Crippen molar-refractivity contribution >= 4 is 23.5 Å². The van der Waals surface area contributed by atoms with Gasteiger partial charge in [0.1, 0.15) is 5.75 Å². The smallest absolute Gasteiger partial charge is 0.306 e. The molecule has 108 valence electrons. The van der Waals surface area contributed by atoms with Crippen LogP contribution in [0.3, 0.4) is 0 Å². The first-order valence-electron chi connectivity index (χ1n) is 6.08. The Hall–Kier alpha value is -1.79. The van der Waals surface area contributed by atoms with Crippen LogP contribution in [0.15, 0.2) is 18.2 Å². The van der Waals surface area contributed by atoms with Crippen molar-refractivity contribution in [2.45, 2.75) is 12.5 Å². The van der Waals surface area contributed by atoms with Gasteiger partial charge in [-0.1, -0.05) is 11.6 Å². The minimum Gasteiger partial charge on any atom is -0.508 e. The van der Waals surface area contributed by atoms with Gasteiger partial charge in [0.25, 0.3) is 5.91 Å². The molecule has 1 atom stereocenters. The van der Waals surface area contributed by atoms with E-state index in [9.17, 15) is 14.7 Å². The van der Waals surface area contributed by atoms with Gasteiger partial charge in [-0.15, -0.1) is 0 Å². The maximum Gasteiger partial charge on any atom is 0.306 e. The largest absolute Gasteiger partial charge is 0.508 e. The number of benzene rings is 1. The first-order valence-corrected chi connectivity index (χ1v) is 6.46. The second-order valence-corrected chi connectivity index (χ2v) is 4.91. The Morgan fingerprint density at radius 2 is 2.20 bits per heavy atom. The number of carbonyl (C=O) groups is 2. The lowest BCUT2D eigenvalue weighted by Gasteiger charge is -2.32. The highest BCUT2D eigenvalue weighted by Gasteiger charge is 2.27. The molecule has 1 fully saturated rings. The summed E-state index contributed by atoms with van der Waals surface area (Å²) in [4.78, 5) is 24.5. The van der Waals surface area contributed by atoms with Crippen LogP contribution < -0.4 is 0 Å². The third-order valence-electron chi connectivity index (χ3n) is 3.01. The lowest BCUT2D eigenvalue weighted by atomic mass is 10.1. The molecule has 2 rings (SSSR count). The van der Waals surface area contributed by atoms with E-state index in [1.807, 2.05) is 0 Å². The van der Waals surface area contributed by atoms with Crippen molar-refractivity contribution in [1.29, 1.82) is 0 Å². The molecule has 1 heterocycles. The molecule has 0 aromatic heterocycles. The third-order valence-corrected chi connectivity index (χ3v) is 3.34. The molecular formula is C13H14ClNO5. The van der Waals surface area contributed by atoms with Crippen molar-refractivity contribution in [2.75, 3.05) is 19.7 Å². The van der Waals surface area contributed by atoms with Gasteiger partial charge in [0.15, 0.2) is 0 Å². The Labute approximate surface area is 120 Å². The van der Waals surface area contributed by atoms with Crippen molar-refractivity contribution in [3.63, 3.8) is 0 Å². The van der Waals surface area contributed by atoms with Crippen LogP contribution in [0.1, 0.15) is 16.8 Å². The van der Waals surface area contributed by atoms with E-state index >= 15 is 0 Å². The summed E-state index contributed by atoms with van der Waals surface area (Å²) < 4.78 is 5.30. The standard InChI is InChI=1S/C13H14ClNO5/c14-11-2-1-8(16)5-10(11)13(19)15-3-4-20-9(7-15)6-12(17)18/h1-2,5,9,16H,3-4,6-7H2,(H,17,18). The second kappa shape index (κ2) is 6.11. The number of nitrogens with zero attached hydrogens (tertiary/aromatic N) is 1. The topological polar surface area (TPSA) is 87.1 Å². The summed E-state index contributed by atoms with van der Waals surface area (Å²) in [6.07, 6.45) is -0.682. The fraction of sp³-hybridized carbons (Fsp3) is 0.385. The average Bonchev–Trinajstić information content (AvgIpc) is 2.40. The van der Waals surface area contributed by atoms with Crippen LogP contribution in [0, 0.1) is 0 Å². The van der Waals surface area contributed by atoms with Gasteiger partial charge in [-0.3, -0.25) is 9.59 Å². The number of aromatic hydroxyl groups is 1. The predicted molar refractivity (Wildman–Crippen MR) is 71.0 cm³/mol. The predicted octanol–water partition coefficient (Wildman–Crippen LogP) is 1.36. The van der Waals surface area contributed by atoms with Crippen molar-refractivity contribution in [3.05, 3.63) is 28.8 Å². The van der Waals surface area contributed by atoms with E-state index in [-0.39, 0.29) is 41.8 Å². The number of carboxylic acid groups (broad SMARTS) is 1. The van der Waals surface area contributed by atoms with Gasteiger partial charge in [-0.25, -0.2) is 0 Å². The molecule has 1 saturated heterocycles. The SMILES string of the molecule is O=C(O)CC1CN(C(=O)c2cc(O)ccc2Cl)CCO1. The average molecular weight is 300 g/mol. The van der Waals surface area contributed by atoms with Crippen molar-refractivity contribution in [1.82, 2.24) is 4.90 Å². The minimum atomic E-state index is -0.973. The summed E-state index contributed by atoms with van der Waals surface area (Å²) in [5, 5.41) is 18.4. The molecule has 2 N–H and O–H groups in total. The summed E-state index contributed by atoms with van der Waals surface area (Å²) in [5.74, 6) is -1.36. The number of morpholine rings is 1. The van der Waals surface area contributed by atoms with Crippen LogP contribution >= 0.6 is 11.6 Å². The van der Waals surface area contributed by atoms with Gasteiger partial charge in [-0.2, -0.15) is 0 Å². The van der Waals surface area contributed by atoms with Crippen molar-refractivity contribution in [2.24, 2.45) is 0 Å². The zero-order valence-corrected chi connectivity index (χ0v) is 11.3. The number of hydrogen-bond donors (Lipinski definition) is 2. The fourth-order valence-electron chi connectivity index (χ4n) is 2.07. The highest BCUT2D eigenvalue weighted by molar-refractivity contribution is 6.33. The quantitative estimate of drug-likeness (QED) is 0.880. The highest BCUT2D eigenvalue weighted by atomic mass is 35.5. The van der Waals surface area contributed by atoms with Gasteiger partial charge in [0, 0.05) is 13.1 Å². The number of halogens is 1. The fourth-order valence-corrected chi connectivity index (χ4v) is 2.27. The zero-order valence-electron chi connectivity index (χ0n) is 10.6. The maximum absolute atomic E-state index is 12.3. The number of phenols is 1. The monoisotopic (exact) mass is 299 g/mol. The highest BCUT2D eigenvalue weighted by Crippen LogP contribution is 2.23. The van der Waals surface area contributed by atoms with E-state index in [0.29, 0.717) is 6.54 Å². The van der Waals surface area contributed by atoms with E-state index < -0.39 is 12.1 Å². The molecule has 7 heteroatoms. The van der Waals surface area contributed by atoms with Gasteiger partial charge < -0.3 is 19.8 Å².